The lowest BCUT2D eigenvalue weighted by Crippen LogP contribution is -2.24. The second kappa shape index (κ2) is 6.71. The lowest BCUT2D eigenvalue weighted by atomic mass is 10.1. The summed E-state index contributed by atoms with van der Waals surface area (Å²) in [5, 5.41) is 3.28. The zero-order valence-corrected chi connectivity index (χ0v) is 13.8. The molecule has 1 amide bonds. The second-order valence-electron chi connectivity index (χ2n) is 5.83. The largest absolute Gasteiger partial charge is 0.451 e. The Kier molecular flexibility index (Phi) is 4.47. The van der Waals surface area contributed by atoms with Crippen LogP contribution in [0.3, 0.4) is 0 Å². The van der Waals surface area contributed by atoms with E-state index in [9.17, 15) is 9.59 Å². The van der Waals surface area contributed by atoms with Crippen LogP contribution in [0.2, 0.25) is 0 Å². The van der Waals surface area contributed by atoms with Crippen molar-refractivity contribution in [3.63, 3.8) is 0 Å². The lowest BCUT2D eigenvalue weighted by Gasteiger charge is -2.06. The van der Waals surface area contributed by atoms with Crippen molar-refractivity contribution < 1.29 is 9.21 Å². The van der Waals surface area contributed by atoms with Gasteiger partial charge in [-0.1, -0.05) is 42.8 Å². The van der Waals surface area contributed by atoms with Crippen molar-refractivity contribution in [1.82, 2.24) is 5.32 Å². The van der Waals surface area contributed by atoms with Crippen molar-refractivity contribution in [3.8, 4) is 0 Å². The zero-order chi connectivity index (χ0) is 17.1. The number of fused-ring (bicyclic) bond motifs is 1. The lowest BCUT2D eigenvalue weighted by molar-refractivity contribution is 0.0923. The van der Waals surface area contributed by atoms with E-state index in [4.69, 9.17) is 4.42 Å². The standard InChI is InChI=1S/C20H19NO3/c1-3-14-8-9-18-16(10-14)17(22)11-19(24-18)20(23)21-12-15-6-4-13(2)5-7-15/h4-11H,3,12H2,1-2H3,(H,21,23). The first-order valence-corrected chi connectivity index (χ1v) is 7.97. The van der Waals surface area contributed by atoms with Gasteiger partial charge in [0.2, 0.25) is 0 Å². The summed E-state index contributed by atoms with van der Waals surface area (Å²) in [5.41, 5.74) is 3.44. The van der Waals surface area contributed by atoms with Crippen LogP contribution in [0.25, 0.3) is 11.0 Å². The van der Waals surface area contributed by atoms with E-state index in [0.717, 1.165) is 23.1 Å². The highest BCUT2D eigenvalue weighted by Crippen LogP contribution is 2.15. The molecular formula is C20H19NO3. The van der Waals surface area contributed by atoms with Gasteiger partial charge in [-0.15, -0.1) is 0 Å². The van der Waals surface area contributed by atoms with Crippen LogP contribution < -0.4 is 10.7 Å². The van der Waals surface area contributed by atoms with Crippen LogP contribution in [-0.2, 0) is 13.0 Å². The summed E-state index contributed by atoms with van der Waals surface area (Å²) in [6.07, 6.45) is 0.841. The first kappa shape index (κ1) is 16.0. The number of carbonyl (C=O) groups excluding carboxylic acids is 1. The van der Waals surface area contributed by atoms with E-state index in [1.54, 1.807) is 6.07 Å². The minimum absolute atomic E-state index is 0.0314. The van der Waals surface area contributed by atoms with Crippen molar-refractivity contribution in [3.05, 3.63) is 81.2 Å². The first-order chi connectivity index (χ1) is 11.6. The Bertz CT molecular complexity index is 939. The van der Waals surface area contributed by atoms with Gasteiger partial charge in [0.05, 0.1) is 5.39 Å². The molecule has 3 aromatic rings. The summed E-state index contributed by atoms with van der Waals surface area (Å²) < 4.78 is 5.60. The summed E-state index contributed by atoms with van der Waals surface area (Å²) in [7, 11) is 0. The van der Waals surface area contributed by atoms with E-state index in [1.165, 1.54) is 6.07 Å². The molecule has 0 unspecified atom stereocenters. The molecule has 0 radical (unpaired) electrons. The average molecular weight is 321 g/mol. The maximum atomic E-state index is 12.3. The van der Waals surface area contributed by atoms with Crippen molar-refractivity contribution in [1.29, 1.82) is 0 Å². The van der Waals surface area contributed by atoms with E-state index in [-0.39, 0.29) is 11.2 Å². The molecule has 4 nitrogen and oxygen atoms in total. The Morgan fingerprint density at radius 2 is 1.75 bits per heavy atom. The van der Waals surface area contributed by atoms with E-state index in [1.807, 2.05) is 50.2 Å². The highest BCUT2D eigenvalue weighted by molar-refractivity contribution is 5.93. The summed E-state index contributed by atoms with van der Waals surface area (Å²) >= 11 is 0. The molecule has 1 heterocycles. The number of nitrogens with one attached hydrogen (secondary N) is 1. The number of rotatable bonds is 4. The molecule has 0 spiro atoms. The molecule has 0 bridgehead atoms. The van der Waals surface area contributed by atoms with Gasteiger partial charge in [0, 0.05) is 12.6 Å². The normalized spacial score (nSPS) is 10.8. The van der Waals surface area contributed by atoms with Crippen LogP contribution in [0.4, 0.5) is 0 Å². The predicted molar refractivity (Wildman–Crippen MR) is 94.2 cm³/mol. The van der Waals surface area contributed by atoms with E-state index < -0.39 is 5.91 Å². The summed E-state index contributed by atoms with van der Waals surface area (Å²) in [4.78, 5) is 24.5. The zero-order valence-electron chi connectivity index (χ0n) is 13.8. The van der Waals surface area contributed by atoms with E-state index >= 15 is 0 Å². The molecule has 122 valence electrons. The number of benzene rings is 2. The van der Waals surface area contributed by atoms with Gasteiger partial charge in [0.15, 0.2) is 11.2 Å². The fourth-order valence-corrected chi connectivity index (χ4v) is 2.51. The Morgan fingerprint density at radius 1 is 1.04 bits per heavy atom. The summed E-state index contributed by atoms with van der Waals surface area (Å²) in [6, 6.07) is 14.6. The van der Waals surface area contributed by atoms with Gasteiger partial charge < -0.3 is 9.73 Å². The van der Waals surface area contributed by atoms with Crippen molar-refractivity contribution >= 4 is 16.9 Å². The van der Waals surface area contributed by atoms with Gasteiger partial charge in [-0.05, 0) is 36.6 Å². The first-order valence-electron chi connectivity index (χ1n) is 7.97. The predicted octanol–water partition coefficient (Wildman–Crippen LogP) is 3.59. The Hall–Kier alpha value is -2.88. The summed E-state index contributed by atoms with van der Waals surface area (Å²) in [5.74, 6) is -0.363. The number of amides is 1. The molecule has 1 aromatic heterocycles. The minimum atomic E-state index is -0.394. The van der Waals surface area contributed by atoms with Gasteiger partial charge in [-0.3, -0.25) is 9.59 Å². The Labute approximate surface area is 140 Å². The quantitative estimate of drug-likeness (QED) is 0.799. The third kappa shape index (κ3) is 3.38. The van der Waals surface area contributed by atoms with Crippen LogP contribution in [0.15, 0.2) is 57.7 Å². The monoisotopic (exact) mass is 321 g/mol. The number of hydrogen-bond acceptors (Lipinski definition) is 3. The summed E-state index contributed by atoms with van der Waals surface area (Å²) in [6.45, 7) is 4.42. The third-order valence-corrected chi connectivity index (χ3v) is 4.00. The van der Waals surface area contributed by atoms with Gasteiger partial charge in [0.25, 0.3) is 5.91 Å². The molecule has 3 rings (SSSR count). The Balaban J connectivity index is 1.82. The van der Waals surface area contributed by atoms with Crippen LogP contribution in [0.5, 0.6) is 0 Å². The van der Waals surface area contributed by atoms with Gasteiger partial charge in [-0.2, -0.15) is 0 Å². The fraction of sp³-hybridized carbons (Fsp3) is 0.200. The second-order valence-corrected chi connectivity index (χ2v) is 5.83. The van der Waals surface area contributed by atoms with Crippen molar-refractivity contribution in [2.45, 2.75) is 26.8 Å². The van der Waals surface area contributed by atoms with E-state index in [0.29, 0.717) is 17.5 Å². The molecule has 2 aromatic carbocycles. The molecular weight excluding hydrogens is 302 g/mol. The van der Waals surface area contributed by atoms with Crippen LogP contribution in [0.1, 0.15) is 34.2 Å². The highest BCUT2D eigenvalue weighted by Gasteiger charge is 2.12. The van der Waals surface area contributed by atoms with Gasteiger partial charge in [-0.25, -0.2) is 0 Å². The van der Waals surface area contributed by atoms with Crippen LogP contribution in [-0.4, -0.2) is 5.91 Å². The molecule has 1 N–H and O–H groups in total. The molecule has 4 heteroatoms. The molecule has 0 saturated carbocycles. The van der Waals surface area contributed by atoms with Crippen molar-refractivity contribution in [2.75, 3.05) is 0 Å². The average Bonchev–Trinajstić information content (AvgIpc) is 2.60. The maximum absolute atomic E-state index is 12.3. The molecule has 24 heavy (non-hydrogen) atoms. The fourth-order valence-electron chi connectivity index (χ4n) is 2.51. The van der Waals surface area contributed by atoms with Crippen LogP contribution in [0, 0.1) is 6.92 Å². The van der Waals surface area contributed by atoms with Crippen molar-refractivity contribution in [2.24, 2.45) is 0 Å². The molecule has 0 fully saturated rings. The maximum Gasteiger partial charge on any atom is 0.287 e. The smallest absolute Gasteiger partial charge is 0.287 e. The SMILES string of the molecule is CCc1ccc2oc(C(=O)NCc3ccc(C)cc3)cc(=O)c2c1. The van der Waals surface area contributed by atoms with Crippen LogP contribution >= 0.6 is 0 Å². The third-order valence-electron chi connectivity index (χ3n) is 4.00. The minimum Gasteiger partial charge on any atom is -0.451 e. The number of aryl methyl sites for hydroxylation is 2. The molecule has 0 aliphatic carbocycles. The van der Waals surface area contributed by atoms with Gasteiger partial charge in [0.1, 0.15) is 5.58 Å². The Morgan fingerprint density at radius 3 is 2.46 bits per heavy atom. The highest BCUT2D eigenvalue weighted by atomic mass is 16.3. The topological polar surface area (TPSA) is 59.3 Å². The molecule has 0 atom stereocenters. The molecule has 0 aliphatic heterocycles. The number of hydrogen-bond donors (Lipinski definition) is 1. The number of carbonyl (C=O) groups is 1. The molecule has 0 aliphatic rings. The van der Waals surface area contributed by atoms with E-state index in [2.05, 4.69) is 5.32 Å². The van der Waals surface area contributed by atoms with Gasteiger partial charge >= 0.3 is 0 Å². The molecule has 0 saturated heterocycles.